The lowest BCUT2D eigenvalue weighted by molar-refractivity contribution is -0.137. The molecule has 7 heteroatoms. The van der Waals surface area contributed by atoms with Gasteiger partial charge in [0.25, 0.3) is 5.91 Å². The summed E-state index contributed by atoms with van der Waals surface area (Å²) in [6.07, 6.45) is -2.31. The lowest BCUT2D eigenvalue weighted by Gasteiger charge is -2.38. The van der Waals surface area contributed by atoms with Crippen LogP contribution in [0, 0.1) is 5.92 Å². The molecule has 0 radical (unpaired) electrons. The minimum Gasteiger partial charge on any atom is -0.329 e. The van der Waals surface area contributed by atoms with Gasteiger partial charge in [0.1, 0.15) is 0 Å². The number of benzene rings is 1. The Labute approximate surface area is 132 Å². The maximum Gasteiger partial charge on any atom is 0.417 e. The first-order valence-electron chi connectivity index (χ1n) is 7.23. The van der Waals surface area contributed by atoms with Crippen LogP contribution in [0.1, 0.15) is 40.4 Å². The number of carbonyl (C=O) groups is 1. The Balaban J connectivity index is 0.00000144. The number of fused-ring (bicyclic) bond motifs is 3. The normalized spacial score (nSPS) is 27.2. The molecule has 1 saturated heterocycles. The summed E-state index contributed by atoms with van der Waals surface area (Å²) < 4.78 is 39.5. The Morgan fingerprint density at radius 2 is 1.95 bits per heavy atom. The third-order valence-electron chi connectivity index (χ3n) is 4.73. The second kappa shape index (κ2) is 5.13. The summed E-state index contributed by atoms with van der Waals surface area (Å²) >= 11 is 0. The van der Waals surface area contributed by atoms with Gasteiger partial charge in [0, 0.05) is 19.1 Å². The monoisotopic (exact) mass is 332 g/mol. The maximum atomic E-state index is 13.2. The third kappa shape index (κ3) is 2.20. The molecule has 0 bridgehead atoms. The van der Waals surface area contributed by atoms with Crippen molar-refractivity contribution in [1.82, 2.24) is 10.2 Å². The van der Waals surface area contributed by atoms with E-state index >= 15 is 0 Å². The largest absolute Gasteiger partial charge is 0.417 e. The van der Waals surface area contributed by atoms with Gasteiger partial charge in [-0.1, -0.05) is 12.1 Å². The van der Waals surface area contributed by atoms with Crippen LogP contribution in [-0.2, 0) is 6.18 Å². The topological polar surface area (TPSA) is 32.3 Å². The molecule has 1 aliphatic carbocycles. The predicted molar refractivity (Wildman–Crippen MR) is 77.0 cm³/mol. The summed E-state index contributed by atoms with van der Waals surface area (Å²) in [5.74, 6) is 0.0150. The van der Waals surface area contributed by atoms with Gasteiger partial charge in [0.2, 0.25) is 0 Å². The molecule has 2 heterocycles. The van der Waals surface area contributed by atoms with E-state index in [4.69, 9.17) is 0 Å². The molecule has 0 unspecified atom stereocenters. The standard InChI is InChI=1S/C15H15F3N2O.ClH/c16-15(17,18)10-3-1-2-9-11(10)14(21)20-7-6-19-12(13(9)20)8-4-5-8;/h1-3,8,12-13,19H,4-7H2;1H/t12-,13+;/m0./s1. The highest BCUT2D eigenvalue weighted by molar-refractivity contribution is 6.01. The SMILES string of the molecule is Cl.O=C1c2c(cccc2C(F)(F)F)[C@@H]2[C@H](C3CC3)NCCN12. The number of halogens is 4. The van der Waals surface area contributed by atoms with Crippen molar-refractivity contribution < 1.29 is 18.0 Å². The second-order valence-corrected chi connectivity index (χ2v) is 6.03. The Hall–Kier alpha value is -1.27. The molecule has 1 saturated carbocycles. The van der Waals surface area contributed by atoms with Crippen molar-refractivity contribution in [3.8, 4) is 0 Å². The van der Waals surface area contributed by atoms with E-state index in [0.717, 1.165) is 18.9 Å². The average Bonchev–Trinajstić information content (AvgIpc) is 3.24. The van der Waals surface area contributed by atoms with Crippen LogP contribution in [0.2, 0.25) is 0 Å². The number of nitrogens with one attached hydrogen (secondary N) is 1. The third-order valence-corrected chi connectivity index (χ3v) is 4.73. The highest BCUT2D eigenvalue weighted by Crippen LogP contribution is 2.48. The molecule has 3 aliphatic rings. The molecule has 0 aromatic heterocycles. The fourth-order valence-electron chi connectivity index (χ4n) is 3.70. The van der Waals surface area contributed by atoms with Crippen LogP contribution < -0.4 is 5.32 Å². The molecule has 1 amide bonds. The number of hydrogen-bond donors (Lipinski definition) is 1. The van der Waals surface area contributed by atoms with Crippen molar-refractivity contribution in [1.29, 1.82) is 0 Å². The lowest BCUT2D eigenvalue weighted by atomic mass is 9.92. The van der Waals surface area contributed by atoms with Crippen LogP contribution in [0.3, 0.4) is 0 Å². The van der Waals surface area contributed by atoms with Crippen LogP contribution in [0.4, 0.5) is 13.2 Å². The zero-order valence-corrected chi connectivity index (χ0v) is 12.5. The zero-order valence-electron chi connectivity index (χ0n) is 11.7. The van der Waals surface area contributed by atoms with Crippen molar-refractivity contribution in [3.63, 3.8) is 0 Å². The van der Waals surface area contributed by atoms with Gasteiger partial charge in [-0.15, -0.1) is 12.4 Å². The van der Waals surface area contributed by atoms with Gasteiger partial charge in [-0.05, 0) is 30.4 Å². The average molecular weight is 333 g/mol. The Bertz CT molecular complexity index is 615. The molecule has 1 aromatic rings. The molecule has 4 rings (SSSR count). The van der Waals surface area contributed by atoms with Crippen LogP contribution in [0.5, 0.6) is 0 Å². The molecule has 0 spiro atoms. The molecule has 2 atom stereocenters. The highest BCUT2D eigenvalue weighted by Gasteiger charge is 2.51. The molecule has 22 heavy (non-hydrogen) atoms. The number of hydrogen-bond acceptors (Lipinski definition) is 2. The predicted octanol–water partition coefficient (Wildman–Crippen LogP) is 3.01. The summed E-state index contributed by atoms with van der Waals surface area (Å²) in [6.45, 7) is 1.12. The first-order valence-corrected chi connectivity index (χ1v) is 7.23. The summed E-state index contributed by atoms with van der Waals surface area (Å²) in [4.78, 5) is 14.1. The lowest BCUT2D eigenvalue weighted by Crippen LogP contribution is -2.52. The van der Waals surface area contributed by atoms with Crippen LogP contribution in [0.25, 0.3) is 0 Å². The minimum absolute atomic E-state index is 0. The van der Waals surface area contributed by atoms with Gasteiger partial charge in [-0.3, -0.25) is 4.79 Å². The van der Waals surface area contributed by atoms with Gasteiger partial charge in [0.15, 0.2) is 0 Å². The minimum atomic E-state index is -4.49. The number of nitrogens with zero attached hydrogens (tertiary/aromatic N) is 1. The van der Waals surface area contributed by atoms with Gasteiger partial charge in [-0.2, -0.15) is 13.2 Å². The molecule has 120 valence electrons. The number of rotatable bonds is 1. The van der Waals surface area contributed by atoms with Gasteiger partial charge in [0.05, 0.1) is 17.2 Å². The summed E-state index contributed by atoms with van der Waals surface area (Å²) in [5, 5.41) is 3.40. The molecular weight excluding hydrogens is 317 g/mol. The molecule has 2 fully saturated rings. The smallest absolute Gasteiger partial charge is 0.329 e. The summed E-state index contributed by atoms with van der Waals surface area (Å²) in [6, 6.07) is 3.95. The first kappa shape index (κ1) is 15.6. The molecule has 2 aliphatic heterocycles. The highest BCUT2D eigenvalue weighted by atomic mass is 35.5. The Kier molecular flexibility index (Phi) is 3.64. The van der Waals surface area contributed by atoms with Gasteiger partial charge < -0.3 is 10.2 Å². The molecular formula is C15H16ClF3N2O. The number of alkyl halides is 3. The van der Waals surface area contributed by atoms with Crippen LogP contribution >= 0.6 is 12.4 Å². The van der Waals surface area contributed by atoms with E-state index in [9.17, 15) is 18.0 Å². The van der Waals surface area contributed by atoms with E-state index in [1.807, 2.05) is 0 Å². The van der Waals surface area contributed by atoms with Crippen LogP contribution in [0.15, 0.2) is 18.2 Å². The molecule has 1 N–H and O–H groups in total. The van der Waals surface area contributed by atoms with E-state index in [1.165, 1.54) is 6.07 Å². The summed E-state index contributed by atoms with van der Waals surface area (Å²) in [5.41, 5.74) is -0.391. The van der Waals surface area contributed by atoms with Gasteiger partial charge in [-0.25, -0.2) is 0 Å². The quantitative estimate of drug-likeness (QED) is 0.857. The van der Waals surface area contributed by atoms with E-state index in [1.54, 1.807) is 11.0 Å². The molecule has 3 nitrogen and oxygen atoms in total. The van der Waals surface area contributed by atoms with Crippen molar-refractivity contribution in [3.05, 3.63) is 34.9 Å². The van der Waals surface area contributed by atoms with Gasteiger partial charge >= 0.3 is 6.18 Å². The number of piperazine rings is 1. The number of carbonyl (C=O) groups excluding carboxylic acids is 1. The Morgan fingerprint density at radius 3 is 2.59 bits per heavy atom. The van der Waals surface area contributed by atoms with E-state index in [-0.39, 0.29) is 30.1 Å². The Morgan fingerprint density at radius 1 is 1.23 bits per heavy atom. The van der Waals surface area contributed by atoms with E-state index in [2.05, 4.69) is 5.32 Å². The fourth-order valence-corrected chi connectivity index (χ4v) is 3.70. The van der Waals surface area contributed by atoms with Crippen molar-refractivity contribution in [2.24, 2.45) is 5.92 Å². The number of amides is 1. The first-order chi connectivity index (χ1) is 9.98. The maximum absolute atomic E-state index is 13.2. The second-order valence-electron chi connectivity index (χ2n) is 6.03. The van der Waals surface area contributed by atoms with Crippen molar-refractivity contribution in [2.45, 2.75) is 31.1 Å². The van der Waals surface area contributed by atoms with Crippen molar-refractivity contribution in [2.75, 3.05) is 13.1 Å². The van der Waals surface area contributed by atoms with E-state index < -0.39 is 17.6 Å². The van der Waals surface area contributed by atoms with Crippen molar-refractivity contribution >= 4 is 18.3 Å². The van der Waals surface area contributed by atoms with E-state index in [0.29, 0.717) is 24.6 Å². The van der Waals surface area contributed by atoms with Crippen LogP contribution in [-0.4, -0.2) is 29.9 Å². The molecule has 1 aromatic carbocycles. The fraction of sp³-hybridized carbons (Fsp3) is 0.533. The zero-order chi connectivity index (χ0) is 14.8. The summed E-state index contributed by atoms with van der Waals surface area (Å²) in [7, 11) is 0.